The molecule has 4 aliphatic rings. The number of amides is 7. The van der Waals surface area contributed by atoms with Crippen LogP contribution in [-0.2, 0) is 34.5 Å². The lowest BCUT2D eigenvalue weighted by molar-refractivity contribution is -0.128. The monoisotopic (exact) mass is 1320 g/mol. The number of methoxy groups -OCH3 is 2. The Bertz CT molecular complexity index is 3440. The Kier molecular flexibility index (Phi) is 23.0. The third-order valence-corrected chi connectivity index (χ3v) is 26.6. The maximum Gasteiger partial charge on any atom is 0.416 e. The van der Waals surface area contributed by atoms with E-state index in [0.29, 0.717) is 24.1 Å². The van der Waals surface area contributed by atoms with Gasteiger partial charge in [-0.25, -0.2) is 24.2 Å². The highest BCUT2D eigenvalue weighted by Crippen LogP contribution is 2.48. The van der Waals surface area contributed by atoms with E-state index in [1.165, 1.54) is 50.3 Å². The number of rotatable bonds is 24. The van der Waals surface area contributed by atoms with Gasteiger partial charge in [-0.1, -0.05) is 104 Å². The minimum absolute atomic E-state index is 0.0172. The fourth-order valence-electron chi connectivity index (χ4n) is 10.6. The van der Waals surface area contributed by atoms with Gasteiger partial charge in [0.05, 0.1) is 62.0 Å². The summed E-state index contributed by atoms with van der Waals surface area (Å²) in [6.45, 7) is 32.7. The van der Waals surface area contributed by atoms with Crippen molar-refractivity contribution in [2.24, 2.45) is 5.92 Å². The Morgan fingerprint density at radius 3 is 1.58 bits per heavy atom. The van der Waals surface area contributed by atoms with Crippen molar-refractivity contribution in [1.29, 1.82) is 0 Å². The topological polar surface area (TPSA) is 263 Å². The normalized spacial score (nSPS) is 18.9. The van der Waals surface area contributed by atoms with Gasteiger partial charge >= 0.3 is 18.3 Å². The molecule has 4 aliphatic heterocycles. The molecule has 0 bridgehead atoms. The maximum atomic E-state index is 15.2. The standard InChI is InChI=1S/C68H93N7O16Si2/c1-19-23-44-32-51-62(90-92(15,16)67(7,8)9)74(65(81)82)49-36-55(53(84-13)34-47(49)60(78)72(51)38-44)86-30-22-31-87-56-37-50-48(35-54(56)85-14)61(79)73-39-45(24-20-2)33-52(73)63(91-93(17,18)68(10,11)12)75(50)66(83)89-40-43-25-27-46(28-26-43)70-58(76)42(6)69-59(77)57(41(4)5)71-64(80)88-29-21-3/h19-21,23-28,34-39,41-42,51-52,57,62-63H,3,22,29-33,40H2,1-2,4-18H3,(H,69,77)(H,70,76)(H,71,80)(H,81,82)/b23-19+,24-20+/t42-,51?,52+,57-,62?,63+/m1/s1. The molecule has 23 nitrogen and oxygen atoms in total. The van der Waals surface area contributed by atoms with Crippen LogP contribution in [-0.4, -0.2) is 144 Å². The molecule has 0 spiro atoms. The number of alkyl carbamates (subject to hydrolysis) is 1. The number of carboxylic acid groups (broad SMARTS) is 1. The second-order valence-corrected chi connectivity index (χ2v) is 36.3. The second-order valence-electron chi connectivity index (χ2n) is 26.8. The summed E-state index contributed by atoms with van der Waals surface area (Å²) in [6.07, 6.45) is 8.41. The summed E-state index contributed by atoms with van der Waals surface area (Å²) in [5, 5.41) is 18.4. The van der Waals surface area contributed by atoms with Gasteiger partial charge in [0.1, 0.15) is 25.3 Å². The van der Waals surface area contributed by atoms with Crippen LogP contribution in [0.25, 0.3) is 0 Å². The van der Waals surface area contributed by atoms with Crippen LogP contribution in [0.4, 0.5) is 31.4 Å². The molecule has 0 aliphatic carbocycles. The summed E-state index contributed by atoms with van der Waals surface area (Å²) >= 11 is 0. The molecule has 0 fully saturated rings. The molecule has 0 saturated heterocycles. The molecule has 2 unspecified atom stereocenters. The Morgan fingerprint density at radius 1 is 0.677 bits per heavy atom. The molecule has 25 heteroatoms. The van der Waals surface area contributed by atoms with E-state index < -0.39 is 95.2 Å². The maximum absolute atomic E-state index is 15.2. The van der Waals surface area contributed by atoms with Crippen molar-refractivity contribution in [2.75, 3.05) is 49.2 Å². The number of fused-ring (bicyclic) bond motifs is 4. The van der Waals surface area contributed by atoms with Crippen LogP contribution in [0.3, 0.4) is 0 Å². The molecule has 0 aromatic heterocycles. The molecule has 6 atom stereocenters. The Labute approximate surface area is 548 Å². The molecule has 7 amide bonds. The molecule has 0 saturated carbocycles. The lowest BCUT2D eigenvalue weighted by Crippen LogP contribution is -2.57. The van der Waals surface area contributed by atoms with Crippen molar-refractivity contribution < 1.29 is 75.9 Å². The van der Waals surface area contributed by atoms with E-state index in [9.17, 15) is 29.1 Å². The van der Waals surface area contributed by atoms with Crippen LogP contribution in [0.2, 0.25) is 36.3 Å². The highest BCUT2D eigenvalue weighted by atomic mass is 28.4. The predicted octanol–water partition coefficient (Wildman–Crippen LogP) is 12.6. The number of allylic oxidation sites excluding steroid dienone is 4. The van der Waals surface area contributed by atoms with Crippen LogP contribution in [0.1, 0.15) is 122 Å². The summed E-state index contributed by atoms with van der Waals surface area (Å²) < 4.78 is 49.9. The van der Waals surface area contributed by atoms with Crippen LogP contribution >= 0.6 is 0 Å². The van der Waals surface area contributed by atoms with E-state index in [2.05, 4.69) is 77.2 Å². The first-order valence-corrected chi connectivity index (χ1v) is 37.1. The van der Waals surface area contributed by atoms with E-state index in [4.69, 9.17) is 37.3 Å². The largest absolute Gasteiger partial charge is 0.493 e. The third-order valence-electron chi connectivity index (χ3n) is 17.7. The van der Waals surface area contributed by atoms with Gasteiger partial charge < -0.3 is 68.1 Å². The van der Waals surface area contributed by atoms with Crippen molar-refractivity contribution in [3.8, 4) is 23.0 Å². The Hall–Kier alpha value is -8.40. The molecule has 3 aromatic carbocycles. The van der Waals surface area contributed by atoms with Crippen LogP contribution < -0.4 is 44.7 Å². The Morgan fingerprint density at radius 2 is 1.15 bits per heavy atom. The number of ether oxygens (including phenoxy) is 6. The number of carbonyl (C=O) groups excluding carboxylic acids is 6. The summed E-state index contributed by atoms with van der Waals surface area (Å²) in [5.74, 6) is -1.50. The first-order chi connectivity index (χ1) is 43.7. The minimum atomic E-state index is -2.79. The molecule has 0 radical (unpaired) electrons. The summed E-state index contributed by atoms with van der Waals surface area (Å²) in [6, 6.07) is 9.37. The summed E-state index contributed by atoms with van der Waals surface area (Å²) in [7, 11) is -2.59. The molecule has 504 valence electrons. The van der Waals surface area contributed by atoms with Crippen molar-refractivity contribution in [1.82, 2.24) is 20.4 Å². The predicted molar refractivity (Wildman–Crippen MR) is 360 cm³/mol. The molecule has 3 aromatic rings. The smallest absolute Gasteiger partial charge is 0.416 e. The highest BCUT2D eigenvalue weighted by molar-refractivity contribution is 6.74. The van der Waals surface area contributed by atoms with Gasteiger partial charge in [-0.15, -0.1) is 0 Å². The number of benzene rings is 3. The van der Waals surface area contributed by atoms with E-state index in [1.807, 2.05) is 51.2 Å². The van der Waals surface area contributed by atoms with Crippen molar-refractivity contribution in [3.63, 3.8) is 0 Å². The van der Waals surface area contributed by atoms with Gasteiger partial charge in [-0.05, 0) is 117 Å². The fraction of sp³-hybridized carbons (Fsp3) is 0.485. The number of carbonyl (C=O) groups is 7. The summed E-state index contributed by atoms with van der Waals surface area (Å²) in [5.41, 5.74) is 3.10. The fourth-order valence-corrected chi connectivity index (χ4v) is 13.0. The van der Waals surface area contributed by atoms with Gasteiger partial charge in [0.15, 0.2) is 52.1 Å². The van der Waals surface area contributed by atoms with Crippen molar-refractivity contribution in [2.45, 2.75) is 175 Å². The Balaban J connectivity index is 1.15. The van der Waals surface area contributed by atoms with Gasteiger partial charge in [-0.2, -0.15) is 0 Å². The van der Waals surface area contributed by atoms with Crippen molar-refractivity contribution in [3.05, 3.63) is 126 Å². The minimum Gasteiger partial charge on any atom is -0.493 e. The quantitative estimate of drug-likeness (QED) is 0.0369. The van der Waals surface area contributed by atoms with Gasteiger partial charge in [0.2, 0.25) is 11.8 Å². The number of hydrogen-bond acceptors (Lipinski definition) is 15. The molecular formula is C68H93N7O16Si2. The number of anilines is 3. The molecule has 93 heavy (non-hydrogen) atoms. The van der Waals surface area contributed by atoms with E-state index in [0.717, 1.165) is 16.0 Å². The number of nitrogens with zero attached hydrogens (tertiary/aromatic N) is 4. The third kappa shape index (κ3) is 16.3. The van der Waals surface area contributed by atoms with Gasteiger partial charge in [-0.3, -0.25) is 19.2 Å². The van der Waals surface area contributed by atoms with E-state index >= 15 is 9.59 Å². The first kappa shape index (κ1) is 72.0. The SMILES string of the molecule is C=CCOC(=O)N[C@@H](C(=O)N[C@H](C)C(=O)Nc1ccc(COC(=O)N2c3cc(OCCCOc4cc5c(cc4OC)C(=O)N4C=C(/C=C/C)CC4C(O[Si](C)(C)C(C)(C)C)N5C(=O)O)c(OC)cc3C(=O)N3C=C(/C=C/C)C[C@H]3[C@@H]2O[Si](C)(C)C(C)(C)C)cc1)C(C)C. The lowest BCUT2D eigenvalue weighted by Gasteiger charge is -2.44. The van der Waals surface area contributed by atoms with E-state index in [-0.39, 0.29) is 94.3 Å². The molecule has 4 heterocycles. The number of nitrogens with one attached hydrogen (secondary N) is 3. The second kappa shape index (κ2) is 29.7. The van der Waals surface area contributed by atoms with Crippen LogP contribution in [0.5, 0.6) is 23.0 Å². The van der Waals surface area contributed by atoms with Crippen molar-refractivity contribution >= 4 is 75.6 Å². The summed E-state index contributed by atoms with van der Waals surface area (Å²) in [4.78, 5) is 103. The average molecular weight is 1320 g/mol. The zero-order valence-electron chi connectivity index (χ0n) is 56.7. The van der Waals surface area contributed by atoms with E-state index in [1.54, 1.807) is 66.4 Å². The molecule has 4 N–H and O–H groups in total. The zero-order valence-corrected chi connectivity index (χ0v) is 58.7. The lowest BCUT2D eigenvalue weighted by atomic mass is 10.0. The average Bonchev–Trinajstić information content (AvgIpc) is 1.64. The molecular weight excluding hydrogens is 1230 g/mol. The highest BCUT2D eigenvalue weighted by Gasteiger charge is 2.53. The molecule has 7 rings (SSSR count). The van der Waals surface area contributed by atoms with Crippen LogP contribution in [0, 0.1) is 5.92 Å². The number of hydrogen-bond donors (Lipinski definition) is 4. The van der Waals surface area contributed by atoms with Gasteiger partial charge in [0.25, 0.3) is 11.8 Å². The van der Waals surface area contributed by atoms with Crippen LogP contribution in [0.15, 0.2) is 109 Å². The first-order valence-electron chi connectivity index (χ1n) is 31.3. The van der Waals surface area contributed by atoms with Gasteiger partial charge in [0, 0.05) is 36.6 Å². The zero-order chi connectivity index (χ0) is 68.7.